The van der Waals surface area contributed by atoms with Crippen molar-refractivity contribution in [1.82, 2.24) is 4.57 Å². The second-order valence-corrected chi connectivity index (χ2v) is 12.5. The molecule has 0 saturated carbocycles. The Labute approximate surface area is 257 Å². The number of hydrogen-bond donors (Lipinski definition) is 0. The first-order valence-electron chi connectivity index (χ1n) is 15.4. The minimum Gasteiger partial charge on any atom is -0.268 e. The normalized spacial score (nSPS) is 12.4. The van der Waals surface area contributed by atoms with E-state index in [1.54, 1.807) is 0 Å². The van der Waals surface area contributed by atoms with Gasteiger partial charge >= 0.3 is 0 Å². The largest absolute Gasteiger partial charge is 0.268 e. The highest BCUT2D eigenvalue weighted by molar-refractivity contribution is 6.50. The van der Waals surface area contributed by atoms with Crippen molar-refractivity contribution < 1.29 is 0 Å². The molecule has 0 aliphatic heterocycles. The summed E-state index contributed by atoms with van der Waals surface area (Å²) in [5.41, 5.74) is 6.43. The molecule has 9 aromatic carbocycles. The van der Waals surface area contributed by atoms with E-state index in [1.165, 1.54) is 26.1 Å². The van der Waals surface area contributed by atoms with Crippen molar-refractivity contribution in [3.63, 3.8) is 0 Å². The maximum atomic E-state index is 14.7. The third-order valence-electron chi connectivity index (χ3n) is 10.0. The van der Waals surface area contributed by atoms with Gasteiger partial charge in [0, 0.05) is 0 Å². The molecule has 0 spiro atoms. The van der Waals surface area contributed by atoms with Crippen LogP contribution in [0.25, 0.3) is 92.6 Å². The number of benzene rings is 8. The van der Waals surface area contributed by atoms with Crippen LogP contribution in [0.1, 0.15) is 11.1 Å². The van der Waals surface area contributed by atoms with Crippen LogP contribution in [-0.4, -0.2) is 4.57 Å². The molecule has 0 saturated heterocycles. The van der Waals surface area contributed by atoms with E-state index in [9.17, 15) is 9.59 Å². The summed E-state index contributed by atoms with van der Waals surface area (Å²) >= 11 is 0. The number of aromatic nitrogens is 1. The van der Waals surface area contributed by atoms with Gasteiger partial charge in [-0.1, -0.05) is 103 Å². The van der Waals surface area contributed by atoms with Crippen LogP contribution < -0.4 is 11.1 Å². The van der Waals surface area contributed by atoms with Crippen molar-refractivity contribution in [2.75, 3.05) is 0 Å². The fourth-order valence-electron chi connectivity index (χ4n) is 8.18. The molecule has 210 valence electrons. The number of fused-ring (bicyclic) bond motifs is 3. The lowest BCUT2D eigenvalue weighted by Crippen LogP contribution is -2.24. The van der Waals surface area contributed by atoms with E-state index in [2.05, 4.69) is 84.9 Å². The van der Waals surface area contributed by atoms with Gasteiger partial charge in [0.25, 0.3) is 11.1 Å². The molecule has 45 heavy (non-hydrogen) atoms. The number of hydrogen-bond acceptors (Lipinski definition) is 2. The van der Waals surface area contributed by atoms with E-state index < -0.39 is 0 Å². The third kappa shape index (κ3) is 3.00. The molecule has 3 heteroatoms. The summed E-state index contributed by atoms with van der Waals surface area (Å²) in [5, 5.41) is 11.9. The molecule has 0 N–H and O–H groups in total. The molecule has 0 bridgehead atoms. The standard InChI is InChI=1S/C42H25NO2/c1-22-13-18-33(23(2)19-22)43-41(44)39-31-20-29(24-9-5-3-6-10-24)27-16-14-26-15-17-28-30(25-11-7-4-8-12-25)21-32(40(39)42(43)45)38-36(28)34(26)35(27)37(31)38/h3-21H,1-2H3. The Morgan fingerprint density at radius 2 is 0.933 bits per heavy atom. The average Bonchev–Trinajstić information content (AvgIpc) is 3.56. The van der Waals surface area contributed by atoms with Crippen LogP contribution in [0.15, 0.2) is 125 Å². The predicted octanol–water partition coefficient (Wildman–Crippen LogP) is 9.82. The molecule has 0 amide bonds. The molecule has 1 heterocycles. The first-order chi connectivity index (χ1) is 22.0. The maximum Gasteiger partial charge on any atom is 0.266 e. The van der Waals surface area contributed by atoms with Crippen molar-refractivity contribution in [1.29, 1.82) is 0 Å². The quantitative estimate of drug-likeness (QED) is 0.197. The van der Waals surface area contributed by atoms with E-state index in [0.717, 1.165) is 65.7 Å². The van der Waals surface area contributed by atoms with Gasteiger partial charge in [-0.15, -0.1) is 0 Å². The summed E-state index contributed by atoms with van der Waals surface area (Å²) in [4.78, 5) is 29.4. The maximum absolute atomic E-state index is 14.7. The number of aryl methyl sites for hydroxylation is 2. The van der Waals surface area contributed by atoms with Gasteiger partial charge in [-0.05, 0) is 114 Å². The Balaban J connectivity index is 1.53. The SMILES string of the molecule is Cc1ccc(-n2c(=O)c3c4cc(-c5ccccc5)c5ccc6ccc7c(-c8ccccc8)cc(c3c2=O)c2c7c6c5c42)c(C)c1. The summed E-state index contributed by atoms with van der Waals surface area (Å²) in [5.74, 6) is 0. The molecule has 10 aromatic rings. The molecular weight excluding hydrogens is 550 g/mol. The fourth-order valence-corrected chi connectivity index (χ4v) is 8.18. The second kappa shape index (κ2) is 8.43. The topological polar surface area (TPSA) is 39.1 Å². The summed E-state index contributed by atoms with van der Waals surface area (Å²) in [7, 11) is 0. The minimum atomic E-state index is -0.258. The van der Waals surface area contributed by atoms with Crippen LogP contribution in [-0.2, 0) is 0 Å². The number of rotatable bonds is 3. The molecule has 0 radical (unpaired) electrons. The fraction of sp³-hybridized carbons (Fsp3) is 0.0476. The van der Waals surface area contributed by atoms with Gasteiger partial charge in [0.2, 0.25) is 0 Å². The Bertz CT molecular complexity index is 2730. The number of nitrogens with zero attached hydrogens (tertiary/aromatic N) is 1. The van der Waals surface area contributed by atoms with Gasteiger partial charge in [0.15, 0.2) is 0 Å². The second-order valence-electron chi connectivity index (χ2n) is 12.5. The highest BCUT2D eigenvalue weighted by Gasteiger charge is 2.29. The molecule has 0 atom stereocenters. The van der Waals surface area contributed by atoms with E-state index >= 15 is 0 Å². The lowest BCUT2D eigenvalue weighted by molar-refractivity contribution is 0.977. The van der Waals surface area contributed by atoms with Crippen LogP contribution in [0.4, 0.5) is 0 Å². The summed E-state index contributed by atoms with van der Waals surface area (Å²) in [6.07, 6.45) is 0. The van der Waals surface area contributed by atoms with Gasteiger partial charge in [0.05, 0.1) is 16.5 Å². The Morgan fingerprint density at radius 1 is 0.444 bits per heavy atom. The molecule has 0 unspecified atom stereocenters. The van der Waals surface area contributed by atoms with E-state index in [4.69, 9.17) is 0 Å². The van der Waals surface area contributed by atoms with Gasteiger partial charge in [-0.25, -0.2) is 4.57 Å². The van der Waals surface area contributed by atoms with Crippen LogP contribution in [0.2, 0.25) is 0 Å². The minimum absolute atomic E-state index is 0.258. The Hall–Kier alpha value is -5.80. The van der Waals surface area contributed by atoms with Crippen molar-refractivity contribution in [2.45, 2.75) is 13.8 Å². The first kappa shape index (κ1) is 24.6. The highest BCUT2D eigenvalue weighted by atomic mass is 16.2. The van der Waals surface area contributed by atoms with E-state index in [1.807, 2.05) is 44.2 Å². The van der Waals surface area contributed by atoms with Crippen LogP contribution in [0.3, 0.4) is 0 Å². The van der Waals surface area contributed by atoms with Gasteiger partial charge < -0.3 is 0 Å². The van der Waals surface area contributed by atoms with Gasteiger partial charge in [-0.3, -0.25) is 9.59 Å². The molecule has 3 nitrogen and oxygen atoms in total. The third-order valence-corrected chi connectivity index (χ3v) is 10.0. The molecule has 1 aromatic heterocycles. The molecular formula is C42H25NO2. The van der Waals surface area contributed by atoms with Gasteiger partial charge in [0.1, 0.15) is 0 Å². The van der Waals surface area contributed by atoms with E-state index in [-0.39, 0.29) is 11.1 Å². The molecule has 0 fully saturated rings. The zero-order valence-electron chi connectivity index (χ0n) is 24.7. The van der Waals surface area contributed by atoms with E-state index in [0.29, 0.717) is 16.5 Å². The zero-order valence-corrected chi connectivity index (χ0v) is 24.7. The predicted molar refractivity (Wildman–Crippen MR) is 188 cm³/mol. The van der Waals surface area contributed by atoms with Crippen molar-refractivity contribution in [3.8, 4) is 27.9 Å². The monoisotopic (exact) mass is 575 g/mol. The average molecular weight is 576 g/mol. The summed E-state index contributed by atoms with van der Waals surface area (Å²) in [6.45, 7) is 3.99. The van der Waals surface area contributed by atoms with Crippen LogP contribution in [0.5, 0.6) is 0 Å². The lowest BCUT2D eigenvalue weighted by Gasteiger charge is -2.12. The van der Waals surface area contributed by atoms with Crippen molar-refractivity contribution in [3.05, 3.63) is 147 Å². The lowest BCUT2D eigenvalue weighted by atomic mass is 9.89. The summed E-state index contributed by atoms with van der Waals surface area (Å²) in [6, 6.07) is 39.9. The Morgan fingerprint density at radius 3 is 1.42 bits per heavy atom. The first-order valence-corrected chi connectivity index (χ1v) is 15.4. The van der Waals surface area contributed by atoms with Crippen LogP contribution >= 0.6 is 0 Å². The highest BCUT2D eigenvalue weighted by Crippen LogP contribution is 2.53. The van der Waals surface area contributed by atoms with Crippen LogP contribution in [0, 0.1) is 13.8 Å². The summed E-state index contributed by atoms with van der Waals surface area (Å²) < 4.78 is 1.41. The molecule has 0 aliphatic carbocycles. The molecule has 0 aliphatic rings. The zero-order chi connectivity index (χ0) is 30.1. The van der Waals surface area contributed by atoms with Crippen molar-refractivity contribution >= 4 is 64.6 Å². The smallest absolute Gasteiger partial charge is 0.266 e. The molecule has 10 rings (SSSR count). The van der Waals surface area contributed by atoms with Crippen molar-refractivity contribution in [2.24, 2.45) is 0 Å². The Kier molecular flexibility index (Phi) is 4.61. The van der Waals surface area contributed by atoms with Gasteiger partial charge in [-0.2, -0.15) is 0 Å².